The molecule has 0 spiro atoms. The maximum atomic E-state index is 14.7. The van der Waals surface area contributed by atoms with Crippen molar-refractivity contribution in [1.82, 2.24) is 25.9 Å². The molecule has 0 fully saturated rings. The van der Waals surface area contributed by atoms with Gasteiger partial charge in [0.25, 0.3) is 11.8 Å². The highest BCUT2D eigenvalue weighted by atomic mass is 35.5. The van der Waals surface area contributed by atoms with Crippen LogP contribution in [0.15, 0.2) is 48.5 Å². The van der Waals surface area contributed by atoms with E-state index >= 15 is 0 Å². The molecule has 2 aromatic heterocycles. The summed E-state index contributed by atoms with van der Waals surface area (Å²) in [5, 5.41) is 8.54. The van der Waals surface area contributed by atoms with Crippen LogP contribution >= 0.6 is 27.2 Å². The van der Waals surface area contributed by atoms with E-state index in [1.807, 2.05) is 18.2 Å². The van der Waals surface area contributed by atoms with Gasteiger partial charge in [0.05, 0.1) is 197 Å². The Hall–Kier alpha value is -6.68. The van der Waals surface area contributed by atoms with Crippen LogP contribution in [0.2, 0.25) is 0 Å². The van der Waals surface area contributed by atoms with Crippen molar-refractivity contribution >= 4 is 90.0 Å². The molecule has 2 aliphatic heterocycles. The summed E-state index contributed by atoms with van der Waals surface area (Å²) in [4.78, 5) is 103. The average molecular weight is 1580 g/mol. The SMILES string of the molecule is COCCOCCOCCOCCOCCOCCOCCOCCOCCOCCOCCOCCC(=O)NCCCCC(NC(=O)CON)C(=O)NCCOP(=O)(O)OP(=O)(O)Oc1cc2c(c3cc(C(=O)N4CCc5ccccc54)[nH]c13)[C@H](CCl)CN2C(=O)c1cc2cc(OC)c(OC)c(OC)c2[nH]1. The van der Waals surface area contributed by atoms with Crippen LogP contribution in [0.3, 0.4) is 0 Å². The number of H-pyrrole nitrogens is 2. The van der Waals surface area contributed by atoms with Gasteiger partial charge in [0.2, 0.25) is 23.5 Å². The molecule has 2 aliphatic rings. The van der Waals surface area contributed by atoms with Gasteiger partial charge in [-0.2, -0.15) is 4.31 Å². The van der Waals surface area contributed by atoms with Crippen molar-refractivity contribution < 1.29 is 132 Å². The molecule has 9 N–H and O–H groups in total. The summed E-state index contributed by atoms with van der Waals surface area (Å²) in [7, 11) is -5.28. The van der Waals surface area contributed by atoms with E-state index in [4.69, 9.17) is 102 Å². The topological polar surface area (TPSA) is 435 Å². The smallest absolute Gasteiger partial charge is 0.493 e. The van der Waals surface area contributed by atoms with Crippen LogP contribution in [0.1, 0.15) is 63.7 Å². The lowest BCUT2D eigenvalue weighted by atomic mass is 9.98. The van der Waals surface area contributed by atoms with E-state index in [0.29, 0.717) is 192 Å². The molecule has 3 unspecified atom stereocenters. The lowest BCUT2D eigenvalue weighted by Gasteiger charge is -2.20. The molecule has 0 bridgehead atoms. The number of phosphoric ester groups is 2. The van der Waals surface area contributed by atoms with Crippen molar-refractivity contribution in [2.24, 2.45) is 5.90 Å². The quantitative estimate of drug-likeness (QED) is 0.0115. The Labute approximate surface area is 625 Å². The predicted molar refractivity (Wildman–Crippen MR) is 388 cm³/mol. The Morgan fingerprint density at radius 3 is 1.65 bits per heavy atom. The first-order chi connectivity index (χ1) is 52.0. The van der Waals surface area contributed by atoms with Crippen molar-refractivity contribution in [3.63, 3.8) is 0 Å². The lowest BCUT2D eigenvalue weighted by molar-refractivity contribution is -0.131. The number of rotatable bonds is 59. The largest absolute Gasteiger partial charge is 0.536 e. The number of ether oxygens (including phenoxy) is 15. The fraction of sp³-hybridized carbons (Fsp3) is 0.603. The van der Waals surface area contributed by atoms with E-state index in [-0.39, 0.29) is 90.4 Å². The summed E-state index contributed by atoms with van der Waals surface area (Å²) in [6.07, 6.45) is 1.47. The summed E-state index contributed by atoms with van der Waals surface area (Å²) in [6.45, 7) is 8.58. The molecular weight excluding hydrogens is 1470 g/mol. The van der Waals surface area contributed by atoms with Gasteiger partial charge in [0, 0.05) is 74.0 Å². The minimum Gasteiger partial charge on any atom is -0.493 e. The molecule has 107 heavy (non-hydrogen) atoms. The third kappa shape index (κ3) is 28.9. The van der Waals surface area contributed by atoms with Crippen molar-refractivity contribution in [1.29, 1.82) is 0 Å². The lowest BCUT2D eigenvalue weighted by Crippen LogP contribution is -2.48. The maximum Gasteiger partial charge on any atom is 0.536 e. The van der Waals surface area contributed by atoms with E-state index in [2.05, 4.69) is 30.8 Å². The first-order valence-corrected chi connectivity index (χ1v) is 38.5. The Balaban J connectivity index is 0.752. The molecule has 3 aromatic carbocycles. The van der Waals surface area contributed by atoms with Crippen LogP contribution in [0.5, 0.6) is 23.0 Å². The van der Waals surface area contributed by atoms with Crippen molar-refractivity contribution in [3.8, 4) is 23.0 Å². The van der Waals surface area contributed by atoms with Crippen molar-refractivity contribution in [2.45, 2.75) is 44.1 Å². The Kier molecular flexibility index (Phi) is 39.3. The number of halogens is 1. The fourth-order valence-corrected chi connectivity index (χ4v) is 13.6. The van der Waals surface area contributed by atoms with E-state index in [1.54, 1.807) is 30.2 Å². The minimum atomic E-state index is -5.71. The number of hydrogen-bond acceptors (Lipinski definition) is 27. The number of fused-ring (bicyclic) bond motifs is 5. The number of unbranched alkanes of at least 4 members (excludes halogenated alkanes) is 1. The molecule has 39 heteroatoms. The Morgan fingerprint density at radius 1 is 0.579 bits per heavy atom. The second-order valence-corrected chi connectivity index (χ2v) is 26.9. The monoisotopic (exact) mass is 1570 g/mol. The van der Waals surface area contributed by atoms with E-state index in [9.17, 15) is 42.9 Å². The number of carbonyl (C=O) groups is 5. The van der Waals surface area contributed by atoms with Crippen molar-refractivity contribution in [2.75, 3.05) is 235 Å². The molecule has 36 nitrogen and oxygen atoms in total. The summed E-state index contributed by atoms with van der Waals surface area (Å²) in [5.41, 5.74) is 2.79. The predicted octanol–water partition coefficient (Wildman–Crippen LogP) is 4.47. The summed E-state index contributed by atoms with van der Waals surface area (Å²) in [5.74, 6) is 2.11. The first kappa shape index (κ1) is 87.5. The summed E-state index contributed by atoms with van der Waals surface area (Å²) in [6, 6.07) is 12.2. The van der Waals surface area contributed by atoms with Gasteiger partial charge in [-0.25, -0.2) is 15.0 Å². The van der Waals surface area contributed by atoms with E-state index in [1.165, 1.54) is 38.4 Å². The number of nitrogens with zero attached hydrogens (tertiary/aromatic N) is 2. The highest BCUT2D eigenvalue weighted by Gasteiger charge is 2.41. The molecule has 0 saturated heterocycles. The molecule has 598 valence electrons. The number of aromatic amines is 2. The minimum absolute atomic E-state index is 0.00276. The van der Waals surface area contributed by atoms with Crippen LogP contribution < -0.4 is 50.4 Å². The Morgan fingerprint density at radius 2 is 1.11 bits per heavy atom. The fourth-order valence-electron chi connectivity index (χ4n) is 11.3. The van der Waals surface area contributed by atoms with E-state index < -0.39 is 76.7 Å². The van der Waals surface area contributed by atoms with Gasteiger partial charge in [-0.1, -0.05) is 18.2 Å². The van der Waals surface area contributed by atoms with Crippen molar-refractivity contribution in [3.05, 3.63) is 71.0 Å². The second kappa shape index (κ2) is 48.1. The van der Waals surface area contributed by atoms with Gasteiger partial charge < -0.3 is 116 Å². The van der Waals surface area contributed by atoms with Crippen LogP contribution in [-0.2, 0) is 100 Å². The normalized spacial score (nSPS) is 14.7. The van der Waals surface area contributed by atoms with Gasteiger partial charge in [0.1, 0.15) is 24.0 Å². The molecule has 0 saturated carbocycles. The Bertz CT molecular complexity index is 3650. The number of hydrogen-bond donors (Lipinski definition) is 8. The molecular formula is C68H101ClN8O28P2. The number of anilines is 2. The molecule has 4 atom stereocenters. The zero-order valence-electron chi connectivity index (χ0n) is 60.8. The van der Waals surface area contributed by atoms with Gasteiger partial charge in [-0.05, 0) is 61.1 Å². The summed E-state index contributed by atoms with van der Waals surface area (Å²) < 4.78 is 125. The molecule has 4 heterocycles. The number of amides is 5. The number of nitrogens with two attached hydrogens (primary N) is 1. The standard InChI is InChI=1S/C68H101ClN8O28P2/c1-87-19-20-92-23-24-94-27-28-96-31-32-98-35-36-100-39-40-101-38-37-99-34-33-97-30-29-95-26-25-93-22-21-91-17-13-59(78)71-14-8-7-10-52(73-60(79)47-102-70)66(80)72-15-18-103-106(83,84)105-107(85,86)104-57-44-56-61(51-43-54(75-63(51)57)67(81)76-16-12-48-9-5-6-11-55(48)76)50(45-69)46-77(56)68(82)53-41-49-42-58(88-2)64(89-3)65(90-4)62(49)74-53/h5-6,9,11,41-44,50,52,74-75H,7-8,10,12-40,45-47,70H2,1-4H3,(H,71,78)(H,72,80)(H,73,79)(H,83,84)(H,85,86)/t50-,52?/m1/s1. The number of benzene rings is 3. The number of nitrogens with one attached hydrogen (secondary N) is 5. The van der Waals surface area contributed by atoms with Crippen LogP contribution in [0, 0.1) is 0 Å². The summed E-state index contributed by atoms with van der Waals surface area (Å²) >= 11 is 6.63. The number of carbonyl (C=O) groups excluding carboxylic acids is 5. The zero-order valence-corrected chi connectivity index (χ0v) is 63.3. The third-order valence-corrected chi connectivity index (χ3v) is 19.2. The first-order valence-electron chi connectivity index (χ1n) is 35.0. The second-order valence-electron chi connectivity index (χ2n) is 23.7. The third-order valence-electron chi connectivity index (χ3n) is 16.3. The molecule has 7 rings (SSSR count). The van der Waals surface area contributed by atoms with Crippen LogP contribution in [0.4, 0.5) is 11.4 Å². The molecule has 0 aliphatic carbocycles. The molecule has 0 radical (unpaired) electrons. The van der Waals surface area contributed by atoms with E-state index in [0.717, 1.165) is 5.56 Å². The van der Waals surface area contributed by atoms with Gasteiger partial charge in [-0.3, -0.25) is 38.2 Å². The van der Waals surface area contributed by atoms with Crippen LogP contribution in [-0.4, -0.2) is 281 Å². The van der Waals surface area contributed by atoms with Gasteiger partial charge in [0.15, 0.2) is 17.2 Å². The maximum absolute atomic E-state index is 14.7. The van der Waals surface area contributed by atoms with Crippen LogP contribution in [0.25, 0.3) is 21.8 Å². The highest BCUT2D eigenvalue weighted by molar-refractivity contribution is 7.61. The number of phosphoric acid groups is 2. The number of alkyl halides is 1. The number of para-hydroxylation sites is 1. The average Bonchev–Trinajstić information content (AvgIpc) is 1.58. The number of methoxy groups -OCH3 is 4. The molecule has 5 aromatic rings. The highest BCUT2D eigenvalue weighted by Crippen LogP contribution is 2.61. The molecule has 5 amide bonds. The zero-order chi connectivity index (χ0) is 76.7. The van der Waals surface area contributed by atoms with Gasteiger partial charge >= 0.3 is 15.6 Å². The number of aromatic nitrogens is 2. The van der Waals surface area contributed by atoms with Gasteiger partial charge in [-0.15, -0.1) is 11.6 Å².